The monoisotopic (exact) mass is 189 g/mol. The number of phenols is 2. The summed E-state index contributed by atoms with van der Waals surface area (Å²) in [5.74, 6) is -0.136. The molecule has 0 amide bonds. The van der Waals surface area contributed by atoms with Gasteiger partial charge in [-0.2, -0.15) is 0 Å². The summed E-state index contributed by atoms with van der Waals surface area (Å²) in [6.07, 6.45) is 0. The van der Waals surface area contributed by atoms with Gasteiger partial charge >= 0.3 is 0 Å². The first-order valence-corrected chi connectivity index (χ1v) is 4.01. The summed E-state index contributed by atoms with van der Waals surface area (Å²) in [5.41, 5.74) is -0.0249. The first-order chi connectivity index (χ1) is 6.74. The minimum atomic E-state index is -0.201. The number of fused-ring (bicyclic) bond motifs is 1. The normalized spacial score (nSPS) is 10.3. The van der Waals surface area contributed by atoms with Gasteiger partial charge in [-0.25, -0.2) is 0 Å². The average Bonchev–Trinajstić information content (AvgIpc) is 2.20. The van der Waals surface area contributed by atoms with Gasteiger partial charge in [0.15, 0.2) is 5.75 Å². The second-order valence-electron chi connectivity index (χ2n) is 2.90. The average molecular weight is 189 g/mol. The van der Waals surface area contributed by atoms with Gasteiger partial charge in [-0.05, 0) is 23.4 Å². The maximum absolute atomic E-state index is 10.3. The van der Waals surface area contributed by atoms with Gasteiger partial charge in [-0.3, -0.25) is 0 Å². The molecular formula is C10H7NO3. The zero-order valence-electron chi connectivity index (χ0n) is 7.14. The molecule has 2 N–H and O–H groups in total. The van der Waals surface area contributed by atoms with Crippen molar-refractivity contribution in [3.63, 3.8) is 0 Å². The van der Waals surface area contributed by atoms with E-state index in [0.717, 1.165) is 0 Å². The first kappa shape index (κ1) is 8.50. The molecule has 0 heterocycles. The van der Waals surface area contributed by atoms with Crippen molar-refractivity contribution >= 4 is 16.5 Å². The van der Waals surface area contributed by atoms with Gasteiger partial charge in [0.05, 0.1) is 0 Å². The molecule has 0 saturated carbocycles. The third-order valence-electron chi connectivity index (χ3n) is 2.09. The number of nitrogens with zero attached hydrogens (tertiary/aromatic N) is 1. The zero-order chi connectivity index (χ0) is 10.1. The quantitative estimate of drug-likeness (QED) is 0.677. The highest BCUT2D eigenvalue weighted by Crippen LogP contribution is 2.37. The van der Waals surface area contributed by atoms with E-state index in [1.807, 2.05) is 0 Å². The van der Waals surface area contributed by atoms with Crippen molar-refractivity contribution in [3.8, 4) is 11.5 Å². The van der Waals surface area contributed by atoms with Crippen molar-refractivity contribution in [2.75, 3.05) is 0 Å². The number of rotatable bonds is 1. The van der Waals surface area contributed by atoms with Crippen LogP contribution >= 0.6 is 0 Å². The molecule has 4 heteroatoms. The van der Waals surface area contributed by atoms with E-state index in [-0.39, 0.29) is 17.2 Å². The summed E-state index contributed by atoms with van der Waals surface area (Å²) in [5, 5.41) is 22.6. The van der Waals surface area contributed by atoms with Gasteiger partial charge in [0.1, 0.15) is 11.4 Å². The Hall–Kier alpha value is -2.10. The second kappa shape index (κ2) is 2.99. The highest BCUT2D eigenvalue weighted by molar-refractivity contribution is 5.96. The van der Waals surface area contributed by atoms with E-state index in [9.17, 15) is 15.1 Å². The molecule has 0 spiro atoms. The van der Waals surface area contributed by atoms with Crippen LogP contribution in [0.1, 0.15) is 0 Å². The van der Waals surface area contributed by atoms with E-state index in [1.54, 1.807) is 18.2 Å². The van der Waals surface area contributed by atoms with Crippen LogP contribution in [0.2, 0.25) is 0 Å². The van der Waals surface area contributed by atoms with Crippen LogP contribution in [-0.4, -0.2) is 10.2 Å². The molecule has 0 aromatic heterocycles. The Bertz CT molecular complexity index is 508. The fourth-order valence-corrected chi connectivity index (χ4v) is 1.39. The van der Waals surface area contributed by atoms with Crippen molar-refractivity contribution in [2.45, 2.75) is 0 Å². The molecule has 14 heavy (non-hydrogen) atoms. The molecule has 0 radical (unpaired) electrons. The Kier molecular flexibility index (Phi) is 1.81. The van der Waals surface area contributed by atoms with Crippen LogP contribution in [0.4, 0.5) is 5.69 Å². The van der Waals surface area contributed by atoms with Crippen LogP contribution in [0.15, 0.2) is 35.5 Å². The molecule has 0 aliphatic heterocycles. The lowest BCUT2D eigenvalue weighted by Gasteiger charge is -2.03. The topological polar surface area (TPSA) is 69.9 Å². The molecule has 0 fully saturated rings. The molecule has 0 saturated heterocycles. The standard InChI is InChI=1S/C10H7NO3/c12-9-3-1-2-7-6(9)4-5-8(11-14)10(7)13/h1-5,12-13H. The lowest BCUT2D eigenvalue weighted by Crippen LogP contribution is -1.75. The van der Waals surface area contributed by atoms with E-state index < -0.39 is 0 Å². The highest BCUT2D eigenvalue weighted by atomic mass is 16.3. The Balaban J connectivity index is 2.90. The van der Waals surface area contributed by atoms with Gasteiger partial charge in [-0.1, -0.05) is 12.1 Å². The van der Waals surface area contributed by atoms with Crippen LogP contribution in [-0.2, 0) is 0 Å². The molecule has 70 valence electrons. The Morgan fingerprint density at radius 3 is 2.50 bits per heavy atom. The van der Waals surface area contributed by atoms with E-state index >= 15 is 0 Å². The summed E-state index contributed by atoms with van der Waals surface area (Å²) in [7, 11) is 0. The third-order valence-corrected chi connectivity index (χ3v) is 2.09. The van der Waals surface area contributed by atoms with Crippen LogP contribution in [0.3, 0.4) is 0 Å². The van der Waals surface area contributed by atoms with Crippen molar-refractivity contribution in [2.24, 2.45) is 5.18 Å². The molecule has 0 aliphatic carbocycles. The van der Waals surface area contributed by atoms with E-state index in [4.69, 9.17) is 0 Å². The Morgan fingerprint density at radius 2 is 1.79 bits per heavy atom. The number of phenolic OH excluding ortho intramolecular Hbond substituents is 2. The van der Waals surface area contributed by atoms with Crippen LogP contribution in [0.5, 0.6) is 11.5 Å². The van der Waals surface area contributed by atoms with Gasteiger partial charge in [-0.15, -0.1) is 4.91 Å². The molecule has 0 unspecified atom stereocenters. The second-order valence-corrected chi connectivity index (χ2v) is 2.90. The summed E-state index contributed by atoms with van der Waals surface area (Å²) in [6.45, 7) is 0. The molecule has 2 aromatic rings. The zero-order valence-corrected chi connectivity index (χ0v) is 7.14. The summed E-state index contributed by atoms with van der Waals surface area (Å²) >= 11 is 0. The molecular weight excluding hydrogens is 182 g/mol. The summed E-state index contributed by atoms with van der Waals surface area (Å²) < 4.78 is 0. The molecule has 0 bridgehead atoms. The van der Waals surface area contributed by atoms with Crippen LogP contribution in [0, 0.1) is 4.91 Å². The fourth-order valence-electron chi connectivity index (χ4n) is 1.39. The summed E-state index contributed by atoms with van der Waals surface area (Å²) in [4.78, 5) is 10.3. The number of aromatic hydroxyl groups is 2. The predicted molar refractivity (Wildman–Crippen MR) is 52.7 cm³/mol. The first-order valence-electron chi connectivity index (χ1n) is 4.01. The lowest BCUT2D eigenvalue weighted by molar-refractivity contribution is 0.476. The lowest BCUT2D eigenvalue weighted by atomic mass is 10.1. The smallest absolute Gasteiger partial charge is 0.152 e. The van der Waals surface area contributed by atoms with E-state index in [0.29, 0.717) is 10.8 Å². The van der Waals surface area contributed by atoms with Crippen LogP contribution < -0.4 is 0 Å². The number of nitroso groups, excluding NO2 is 1. The van der Waals surface area contributed by atoms with Crippen LogP contribution in [0.25, 0.3) is 10.8 Å². The SMILES string of the molecule is O=Nc1ccc2c(O)cccc2c1O. The minimum absolute atomic E-state index is 0.0249. The third kappa shape index (κ3) is 1.08. The van der Waals surface area contributed by atoms with E-state index in [2.05, 4.69) is 5.18 Å². The molecule has 2 aromatic carbocycles. The van der Waals surface area contributed by atoms with Crippen molar-refractivity contribution in [3.05, 3.63) is 35.2 Å². The van der Waals surface area contributed by atoms with E-state index in [1.165, 1.54) is 12.1 Å². The van der Waals surface area contributed by atoms with Gasteiger partial charge < -0.3 is 10.2 Å². The molecule has 2 rings (SSSR count). The maximum Gasteiger partial charge on any atom is 0.152 e. The highest BCUT2D eigenvalue weighted by Gasteiger charge is 2.08. The maximum atomic E-state index is 10.3. The van der Waals surface area contributed by atoms with Crippen molar-refractivity contribution in [1.29, 1.82) is 0 Å². The Labute approximate surface area is 79.4 Å². The van der Waals surface area contributed by atoms with Gasteiger partial charge in [0.2, 0.25) is 0 Å². The fraction of sp³-hybridized carbons (Fsp3) is 0. The van der Waals surface area contributed by atoms with Gasteiger partial charge in [0, 0.05) is 10.8 Å². The summed E-state index contributed by atoms with van der Waals surface area (Å²) in [6, 6.07) is 7.62. The largest absolute Gasteiger partial charge is 0.507 e. The Morgan fingerprint density at radius 1 is 1.00 bits per heavy atom. The number of benzene rings is 2. The van der Waals surface area contributed by atoms with Gasteiger partial charge in [0.25, 0.3) is 0 Å². The molecule has 0 aliphatic rings. The van der Waals surface area contributed by atoms with Crippen molar-refractivity contribution in [1.82, 2.24) is 0 Å². The van der Waals surface area contributed by atoms with Crippen molar-refractivity contribution < 1.29 is 10.2 Å². The minimum Gasteiger partial charge on any atom is -0.507 e. The number of hydrogen-bond donors (Lipinski definition) is 2. The molecule has 0 atom stereocenters. The molecule has 4 nitrogen and oxygen atoms in total. The predicted octanol–water partition coefficient (Wildman–Crippen LogP) is 2.65. The number of hydrogen-bond acceptors (Lipinski definition) is 4.